The molecule has 0 aliphatic heterocycles. The molecule has 2 rings (SSSR count). The first-order valence-corrected chi connectivity index (χ1v) is 5.71. The Morgan fingerprint density at radius 3 is 3.11 bits per heavy atom. The quantitative estimate of drug-likeness (QED) is 0.800. The lowest BCUT2D eigenvalue weighted by Crippen LogP contribution is -2.35. The molecule has 0 saturated heterocycles. The van der Waals surface area contributed by atoms with E-state index in [1.165, 1.54) is 0 Å². The van der Waals surface area contributed by atoms with Crippen molar-refractivity contribution in [1.29, 1.82) is 0 Å². The van der Waals surface area contributed by atoms with Gasteiger partial charge in [0, 0.05) is 31.8 Å². The zero-order chi connectivity index (χ0) is 13.0. The van der Waals surface area contributed by atoms with Crippen LogP contribution in [0.15, 0.2) is 35.2 Å². The topological polar surface area (TPSA) is 86.1 Å². The Hall–Kier alpha value is -2.08. The summed E-state index contributed by atoms with van der Waals surface area (Å²) in [7, 11) is 1.78. The highest BCUT2D eigenvalue weighted by atomic mass is 16.3. The number of carbonyl (C=O) groups is 1. The fraction of sp³-hybridized carbons (Fsp3) is 0.333. The van der Waals surface area contributed by atoms with Crippen molar-refractivity contribution in [2.45, 2.75) is 12.5 Å². The first kappa shape index (κ1) is 12.4. The molecular weight excluding hydrogens is 232 g/mol. The van der Waals surface area contributed by atoms with Gasteiger partial charge < -0.3 is 15.5 Å². The summed E-state index contributed by atoms with van der Waals surface area (Å²) >= 11 is 0. The second kappa shape index (κ2) is 5.50. The lowest BCUT2D eigenvalue weighted by Gasteiger charge is -2.09. The van der Waals surface area contributed by atoms with Crippen LogP contribution in [0.5, 0.6) is 0 Å². The minimum absolute atomic E-state index is 0.213. The predicted octanol–water partition coefficient (Wildman–Crippen LogP) is 0.372. The van der Waals surface area contributed by atoms with Gasteiger partial charge in [-0.15, -0.1) is 0 Å². The van der Waals surface area contributed by atoms with Crippen LogP contribution in [0.4, 0.5) is 0 Å². The van der Waals surface area contributed by atoms with Crippen LogP contribution in [0.2, 0.25) is 0 Å². The molecule has 0 aliphatic rings. The van der Waals surface area contributed by atoms with Gasteiger partial charge in [0.05, 0.1) is 12.5 Å². The smallest absolute Gasteiger partial charge is 0.241 e. The monoisotopic (exact) mass is 248 g/mol. The van der Waals surface area contributed by atoms with Crippen molar-refractivity contribution in [3.8, 4) is 0 Å². The maximum absolute atomic E-state index is 11.8. The van der Waals surface area contributed by atoms with Gasteiger partial charge in [-0.2, -0.15) is 5.10 Å². The maximum Gasteiger partial charge on any atom is 0.241 e. The zero-order valence-electron chi connectivity index (χ0n) is 10.2. The lowest BCUT2D eigenvalue weighted by atomic mass is 10.1. The third-order valence-electron chi connectivity index (χ3n) is 2.62. The van der Waals surface area contributed by atoms with Crippen LogP contribution in [0, 0.1) is 0 Å². The Morgan fingerprint density at radius 2 is 2.50 bits per heavy atom. The molecule has 1 unspecified atom stereocenters. The number of nitrogens with zero attached hydrogens (tertiary/aromatic N) is 2. The third-order valence-corrected chi connectivity index (χ3v) is 2.62. The van der Waals surface area contributed by atoms with Crippen LogP contribution in [0.25, 0.3) is 0 Å². The van der Waals surface area contributed by atoms with E-state index >= 15 is 0 Å². The number of carbonyl (C=O) groups excluding carboxylic acids is 1. The standard InChI is InChI=1S/C12H16N4O2/c1-16-8-9(7-15-16)11(13)12(17)14-5-4-10-3-2-6-18-10/h2-3,6-8,11H,4-5,13H2,1H3,(H,14,17). The molecule has 1 atom stereocenters. The second-order valence-electron chi connectivity index (χ2n) is 4.05. The summed E-state index contributed by atoms with van der Waals surface area (Å²) in [5, 5.41) is 6.75. The minimum atomic E-state index is -0.685. The van der Waals surface area contributed by atoms with Gasteiger partial charge in [-0.1, -0.05) is 0 Å². The van der Waals surface area contributed by atoms with E-state index in [1.54, 1.807) is 30.4 Å². The van der Waals surface area contributed by atoms with Gasteiger partial charge in [0.2, 0.25) is 5.91 Å². The minimum Gasteiger partial charge on any atom is -0.469 e. The largest absolute Gasteiger partial charge is 0.469 e. The Balaban J connectivity index is 1.81. The molecule has 6 nitrogen and oxygen atoms in total. The molecule has 2 aromatic rings. The van der Waals surface area contributed by atoms with E-state index in [9.17, 15) is 4.79 Å². The Bertz CT molecular complexity index is 504. The van der Waals surface area contributed by atoms with Gasteiger partial charge in [0.1, 0.15) is 11.8 Å². The highest BCUT2D eigenvalue weighted by Crippen LogP contribution is 2.08. The molecule has 0 spiro atoms. The average molecular weight is 248 g/mol. The van der Waals surface area contributed by atoms with E-state index < -0.39 is 6.04 Å². The molecule has 0 aromatic carbocycles. The van der Waals surface area contributed by atoms with Gasteiger partial charge in [-0.25, -0.2) is 0 Å². The van der Waals surface area contributed by atoms with Crippen molar-refractivity contribution in [3.63, 3.8) is 0 Å². The third kappa shape index (κ3) is 2.98. The molecule has 0 aliphatic carbocycles. The first-order valence-electron chi connectivity index (χ1n) is 5.71. The molecule has 2 aromatic heterocycles. The molecule has 3 N–H and O–H groups in total. The second-order valence-corrected chi connectivity index (χ2v) is 4.05. The summed E-state index contributed by atoms with van der Waals surface area (Å²) in [6, 6.07) is 3.00. The molecule has 0 saturated carbocycles. The van der Waals surface area contributed by atoms with Gasteiger partial charge in [0.25, 0.3) is 0 Å². The Kier molecular flexibility index (Phi) is 3.78. The van der Waals surface area contributed by atoms with Crippen LogP contribution in [-0.2, 0) is 18.3 Å². The van der Waals surface area contributed by atoms with E-state index in [1.807, 2.05) is 12.1 Å². The van der Waals surface area contributed by atoms with Crippen LogP contribution < -0.4 is 11.1 Å². The maximum atomic E-state index is 11.8. The SMILES string of the molecule is Cn1cc(C(N)C(=O)NCCc2ccco2)cn1. The number of nitrogens with two attached hydrogens (primary N) is 1. The number of aryl methyl sites for hydroxylation is 1. The van der Waals surface area contributed by atoms with Crippen LogP contribution in [0.1, 0.15) is 17.4 Å². The van der Waals surface area contributed by atoms with Crippen LogP contribution in [0.3, 0.4) is 0 Å². The lowest BCUT2D eigenvalue weighted by molar-refractivity contribution is -0.122. The molecule has 0 fully saturated rings. The van der Waals surface area contributed by atoms with Gasteiger partial charge in [-0.3, -0.25) is 9.48 Å². The van der Waals surface area contributed by atoms with Crippen molar-refractivity contribution >= 4 is 5.91 Å². The number of furan rings is 1. The van der Waals surface area contributed by atoms with Crippen molar-refractivity contribution < 1.29 is 9.21 Å². The van der Waals surface area contributed by atoms with E-state index in [4.69, 9.17) is 10.2 Å². The Labute approximate surface area is 105 Å². The Morgan fingerprint density at radius 1 is 1.67 bits per heavy atom. The fourth-order valence-corrected chi connectivity index (χ4v) is 1.63. The number of rotatable bonds is 5. The van der Waals surface area contributed by atoms with Gasteiger partial charge >= 0.3 is 0 Å². The van der Waals surface area contributed by atoms with Crippen molar-refractivity contribution in [3.05, 3.63) is 42.1 Å². The molecular formula is C12H16N4O2. The normalized spacial score (nSPS) is 12.3. The highest BCUT2D eigenvalue weighted by molar-refractivity contribution is 5.82. The zero-order valence-corrected chi connectivity index (χ0v) is 10.2. The molecule has 18 heavy (non-hydrogen) atoms. The summed E-state index contributed by atoms with van der Waals surface area (Å²) in [5.41, 5.74) is 6.52. The predicted molar refractivity (Wildman–Crippen MR) is 65.6 cm³/mol. The summed E-state index contributed by atoms with van der Waals surface area (Å²) in [6.45, 7) is 0.500. The van der Waals surface area contributed by atoms with Crippen LogP contribution in [-0.4, -0.2) is 22.2 Å². The van der Waals surface area contributed by atoms with Crippen LogP contribution >= 0.6 is 0 Å². The van der Waals surface area contributed by atoms with E-state index in [2.05, 4.69) is 10.4 Å². The molecule has 2 heterocycles. The molecule has 6 heteroatoms. The number of amides is 1. The number of hydrogen-bond acceptors (Lipinski definition) is 4. The first-order chi connectivity index (χ1) is 8.66. The van der Waals surface area contributed by atoms with Crippen molar-refractivity contribution in [2.75, 3.05) is 6.54 Å². The number of hydrogen-bond donors (Lipinski definition) is 2. The van der Waals surface area contributed by atoms with Crippen molar-refractivity contribution in [1.82, 2.24) is 15.1 Å². The molecule has 1 amide bonds. The fourth-order valence-electron chi connectivity index (χ4n) is 1.63. The number of aromatic nitrogens is 2. The summed E-state index contributed by atoms with van der Waals surface area (Å²) in [5.74, 6) is 0.625. The highest BCUT2D eigenvalue weighted by Gasteiger charge is 2.16. The summed E-state index contributed by atoms with van der Waals surface area (Å²) in [4.78, 5) is 11.8. The average Bonchev–Trinajstić information content (AvgIpc) is 2.99. The molecule has 96 valence electrons. The molecule has 0 bridgehead atoms. The van der Waals surface area contributed by atoms with Gasteiger partial charge in [-0.05, 0) is 12.1 Å². The van der Waals surface area contributed by atoms with E-state index in [0.29, 0.717) is 18.5 Å². The number of nitrogens with one attached hydrogen (secondary N) is 1. The molecule has 0 radical (unpaired) electrons. The van der Waals surface area contributed by atoms with E-state index in [0.717, 1.165) is 5.76 Å². The summed E-state index contributed by atoms with van der Waals surface area (Å²) in [6.07, 6.45) is 5.59. The van der Waals surface area contributed by atoms with E-state index in [-0.39, 0.29) is 5.91 Å². The summed E-state index contributed by atoms with van der Waals surface area (Å²) < 4.78 is 6.78. The van der Waals surface area contributed by atoms with Crippen molar-refractivity contribution in [2.24, 2.45) is 12.8 Å². The van der Waals surface area contributed by atoms with Gasteiger partial charge in [0.15, 0.2) is 0 Å².